The fourth-order valence-corrected chi connectivity index (χ4v) is 2.46. The summed E-state index contributed by atoms with van der Waals surface area (Å²) < 4.78 is 10.5. The van der Waals surface area contributed by atoms with Gasteiger partial charge in [-0.15, -0.1) is 11.3 Å². The summed E-state index contributed by atoms with van der Waals surface area (Å²) in [6.45, 7) is 1.95. The molecule has 0 atom stereocenters. The summed E-state index contributed by atoms with van der Waals surface area (Å²) in [5, 5.41) is 5.12. The lowest BCUT2D eigenvalue weighted by molar-refractivity contribution is 0.0597. The number of rotatable bonds is 3. The normalized spacial score (nSPS) is 17.1. The summed E-state index contributed by atoms with van der Waals surface area (Å²) in [6.07, 6.45) is 2.17. The first-order chi connectivity index (χ1) is 7.81. The van der Waals surface area contributed by atoms with Crippen LogP contribution in [0.1, 0.15) is 22.5 Å². The highest BCUT2D eigenvalue weighted by Gasteiger charge is 2.20. The fraction of sp³-hybridized carbons (Fsp3) is 0.545. The van der Waals surface area contributed by atoms with Crippen molar-refractivity contribution in [2.75, 3.05) is 20.2 Å². The average Bonchev–Trinajstić information content (AvgIpc) is 2.77. The number of hydrogen-bond donors (Lipinski definition) is 1. The molecule has 2 rings (SSSR count). The average molecular weight is 241 g/mol. The van der Waals surface area contributed by atoms with Gasteiger partial charge in [0.25, 0.3) is 0 Å². The van der Waals surface area contributed by atoms with Crippen LogP contribution in [-0.2, 0) is 4.74 Å². The number of piperidine rings is 1. The van der Waals surface area contributed by atoms with Crippen LogP contribution in [0, 0.1) is 0 Å². The molecule has 1 aromatic heterocycles. The van der Waals surface area contributed by atoms with Crippen LogP contribution in [0.3, 0.4) is 0 Å². The van der Waals surface area contributed by atoms with Crippen molar-refractivity contribution in [3.63, 3.8) is 0 Å². The van der Waals surface area contributed by atoms with E-state index < -0.39 is 0 Å². The Kier molecular flexibility index (Phi) is 3.79. The summed E-state index contributed by atoms with van der Waals surface area (Å²) >= 11 is 1.36. The molecule has 1 aromatic rings. The second-order valence-electron chi connectivity index (χ2n) is 3.67. The Hall–Kier alpha value is -1.07. The largest absolute Gasteiger partial charge is 0.489 e. The predicted octanol–water partition coefficient (Wildman–Crippen LogP) is 1.67. The van der Waals surface area contributed by atoms with Crippen LogP contribution >= 0.6 is 11.3 Å². The molecule has 0 radical (unpaired) electrons. The molecule has 1 aliphatic rings. The molecule has 0 aromatic carbocycles. The van der Waals surface area contributed by atoms with Gasteiger partial charge in [0, 0.05) is 0 Å². The molecule has 16 heavy (non-hydrogen) atoms. The maximum absolute atomic E-state index is 11.4. The van der Waals surface area contributed by atoms with Crippen molar-refractivity contribution in [3.05, 3.63) is 16.3 Å². The van der Waals surface area contributed by atoms with Crippen LogP contribution in [0.15, 0.2) is 11.4 Å². The minimum Gasteiger partial charge on any atom is -0.489 e. The van der Waals surface area contributed by atoms with Gasteiger partial charge >= 0.3 is 5.97 Å². The zero-order valence-electron chi connectivity index (χ0n) is 9.19. The predicted molar refractivity (Wildman–Crippen MR) is 62.2 cm³/mol. The highest BCUT2D eigenvalue weighted by Crippen LogP contribution is 2.27. The lowest BCUT2D eigenvalue weighted by atomic mass is 10.1. The summed E-state index contributed by atoms with van der Waals surface area (Å²) in [6, 6.07) is 1.83. The Labute approximate surface area is 98.6 Å². The van der Waals surface area contributed by atoms with Gasteiger partial charge in [0.05, 0.1) is 7.11 Å². The molecule has 4 nitrogen and oxygen atoms in total. The van der Waals surface area contributed by atoms with Crippen LogP contribution in [0.4, 0.5) is 0 Å². The molecule has 0 bridgehead atoms. The number of carbonyl (C=O) groups excluding carboxylic acids is 1. The van der Waals surface area contributed by atoms with Gasteiger partial charge in [-0.25, -0.2) is 4.79 Å². The highest BCUT2D eigenvalue weighted by molar-refractivity contribution is 7.12. The number of methoxy groups -OCH3 is 1. The van der Waals surface area contributed by atoms with Gasteiger partial charge in [-0.3, -0.25) is 0 Å². The Balaban J connectivity index is 2.03. The van der Waals surface area contributed by atoms with E-state index in [-0.39, 0.29) is 12.1 Å². The molecule has 5 heteroatoms. The van der Waals surface area contributed by atoms with Gasteiger partial charge in [-0.2, -0.15) is 0 Å². The molecule has 1 saturated heterocycles. The van der Waals surface area contributed by atoms with E-state index in [1.165, 1.54) is 18.4 Å². The Morgan fingerprint density at radius 1 is 1.50 bits per heavy atom. The van der Waals surface area contributed by atoms with Crippen molar-refractivity contribution in [1.82, 2.24) is 5.32 Å². The topological polar surface area (TPSA) is 47.6 Å². The number of thiophene rings is 1. The van der Waals surface area contributed by atoms with E-state index >= 15 is 0 Å². The molecular weight excluding hydrogens is 226 g/mol. The molecule has 0 amide bonds. The zero-order chi connectivity index (χ0) is 11.4. The highest BCUT2D eigenvalue weighted by atomic mass is 32.1. The molecule has 0 spiro atoms. The molecule has 1 fully saturated rings. The van der Waals surface area contributed by atoms with E-state index in [4.69, 9.17) is 9.47 Å². The molecule has 0 unspecified atom stereocenters. The number of esters is 1. The maximum Gasteiger partial charge on any atom is 0.351 e. The van der Waals surface area contributed by atoms with Crippen molar-refractivity contribution in [2.24, 2.45) is 0 Å². The van der Waals surface area contributed by atoms with Gasteiger partial charge in [-0.1, -0.05) is 0 Å². The third kappa shape index (κ3) is 2.54. The lowest BCUT2D eigenvalue weighted by Crippen LogP contribution is -2.34. The van der Waals surface area contributed by atoms with E-state index in [9.17, 15) is 4.79 Å². The lowest BCUT2D eigenvalue weighted by Gasteiger charge is -2.23. The molecular formula is C11H15NO3S. The smallest absolute Gasteiger partial charge is 0.351 e. The first-order valence-electron chi connectivity index (χ1n) is 5.34. The van der Waals surface area contributed by atoms with E-state index in [2.05, 4.69) is 5.32 Å². The molecule has 0 saturated carbocycles. The molecule has 1 aliphatic heterocycles. The van der Waals surface area contributed by atoms with Crippen LogP contribution in [0.25, 0.3) is 0 Å². The fourth-order valence-electron chi connectivity index (χ4n) is 1.72. The Bertz CT molecular complexity index is 358. The number of hydrogen-bond acceptors (Lipinski definition) is 5. The molecule has 0 aliphatic carbocycles. The van der Waals surface area contributed by atoms with Crippen molar-refractivity contribution in [1.29, 1.82) is 0 Å². The Morgan fingerprint density at radius 2 is 2.25 bits per heavy atom. The zero-order valence-corrected chi connectivity index (χ0v) is 10.0. The first-order valence-corrected chi connectivity index (χ1v) is 6.22. The second-order valence-corrected chi connectivity index (χ2v) is 4.59. The molecule has 88 valence electrons. The van der Waals surface area contributed by atoms with E-state index in [1.54, 1.807) is 0 Å². The minimum atomic E-state index is -0.320. The third-order valence-corrected chi connectivity index (χ3v) is 3.46. The first kappa shape index (κ1) is 11.4. The van der Waals surface area contributed by atoms with Crippen LogP contribution in [0.5, 0.6) is 5.75 Å². The SMILES string of the molecule is COC(=O)c1sccc1OC1CCNCC1. The maximum atomic E-state index is 11.4. The second kappa shape index (κ2) is 5.32. The van der Waals surface area contributed by atoms with Crippen LogP contribution in [0.2, 0.25) is 0 Å². The standard InChI is InChI=1S/C11H15NO3S/c1-14-11(13)10-9(4-7-16-10)15-8-2-5-12-6-3-8/h4,7-8,12H,2-3,5-6H2,1H3. The van der Waals surface area contributed by atoms with Gasteiger partial charge in [0.15, 0.2) is 4.88 Å². The van der Waals surface area contributed by atoms with Crippen LogP contribution < -0.4 is 10.1 Å². The monoisotopic (exact) mass is 241 g/mol. The number of carbonyl (C=O) groups is 1. The summed E-state index contributed by atoms with van der Waals surface area (Å²) in [5.74, 6) is 0.336. The molecule has 2 heterocycles. The van der Waals surface area contributed by atoms with Gasteiger partial charge in [-0.05, 0) is 37.4 Å². The summed E-state index contributed by atoms with van der Waals surface area (Å²) in [5.41, 5.74) is 0. The Morgan fingerprint density at radius 3 is 2.94 bits per heavy atom. The van der Waals surface area contributed by atoms with Crippen molar-refractivity contribution in [3.8, 4) is 5.75 Å². The number of ether oxygens (including phenoxy) is 2. The van der Waals surface area contributed by atoms with Gasteiger partial charge < -0.3 is 14.8 Å². The van der Waals surface area contributed by atoms with Crippen LogP contribution in [-0.4, -0.2) is 32.3 Å². The summed E-state index contributed by atoms with van der Waals surface area (Å²) in [7, 11) is 1.39. The quantitative estimate of drug-likeness (QED) is 0.818. The minimum absolute atomic E-state index is 0.208. The van der Waals surface area contributed by atoms with Gasteiger partial charge in [0.2, 0.25) is 0 Å². The summed E-state index contributed by atoms with van der Waals surface area (Å²) in [4.78, 5) is 12.0. The van der Waals surface area contributed by atoms with Gasteiger partial charge in [0.1, 0.15) is 11.9 Å². The van der Waals surface area contributed by atoms with E-state index in [0.717, 1.165) is 25.9 Å². The van der Waals surface area contributed by atoms with Crippen molar-refractivity contribution in [2.45, 2.75) is 18.9 Å². The number of nitrogens with one attached hydrogen (secondary N) is 1. The molecule has 1 N–H and O–H groups in total. The van der Waals surface area contributed by atoms with E-state index in [1.807, 2.05) is 11.4 Å². The van der Waals surface area contributed by atoms with Crippen molar-refractivity contribution >= 4 is 17.3 Å². The third-order valence-electron chi connectivity index (χ3n) is 2.58. The van der Waals surface area contributed by atoms with E-state index in [0.29, 0.717) is 10.6 Å². The van der Waals surface area contributed by atoms with Crippen molar-refractivity contribution < 1.29 is 14.3 Å².